The molecule has 110 valence electrons. The highest BCUT2D eigenvalue weighted by Crippen LogP contribution is 2.25. The average molecular weight is 369 g/mol. The van der Waals surface area contributed by atoms with E-state index in [9.17, 15) is 9.18 Å². The maximum atomic E-state index is 13.2. The SMILES string of the molecule is Cc1ccc(NC(=O)CSc2cc(N)cc(F)c2)c(Br)c1. The van der Waals surface area contributed by atoms with Crippen LogP contribution >= 0.6 is 27.7 Å². The molecule has 0 aliphatic carbocycles. The molecule has 0 aliphatic rings. The lowest BCUT2D eigenvalue weighted by atomic mass is 10.2. The minimum absolute atomic E-state index is 0.160. The van der Waals surface area contributed by atoms with Gasteiger partial charge in [-0.05, 0) is 58.7 Å². The summed E-state index contributed by atoms with van der Waals surface area (Å²) in [5, 5.41) is 2.81. The summed E-state index contributed by atoms with van der Waals surface area (Å²) in [6.45, 7) is 1.97. The second-order valence-electron chi connectivity index (χ2n) is 4.54. The van der Waals surface area contributed by atoms with Crippen LogP contribution in [0.15, 0.2) is 45.8 Å². The second kappa shape index (κ2) is 6.95. The van der Waals surface area contributed by atoms with Gasteiger partial charge in [-0.25, -0.2) is 4.39 Å². The number of amides is 1. The van der Waals surface area contributed by atoms with Crippen molar-refractivity contribution in [2.24, 2.45) is 0 Å². The molecular formula is C15H14BrFN2OS. The molecule has 2 aromatic rings. The molecule has 0 aromatic heterocycles. The summed E-state index contributed by atoms with van der Waals surface area (Å²) in [5.41, 5.74) is 7.72. The Balaban J connectivity index is 1.95. The summed E-state index contributed by atoms with van der Waals surface area (Å²) < 4.78 is 14.0. The van der Waals surface area contributed by atoms with Crippen LogP contribution < -0.4 is 11.1 Å². The van der Waals surface area contributed by atoms with E-state index in [1.807, 2.05) is 25.1 Å². The first-order chi connectivity index (χ1) is 9.94. The van der Waals surface area contributed by atoms with Crippen LogP contribution in [0.4, 0.5) is 15.8 Å². The first kappa shape index (κ1) is 15.9. The molecule has 2 aromatic carbocycles. The van der Waals surface area contributed by atoms with Crippen molar-refractivity contribution in [2.45, 2.75) is 11.8 Å². The zero-order valence-corrected chi connectivity index (χ0v) is 13.7. The molecule has 0 saturated carbocycles. The van der Waals surface area contributed by atoms with Gasteiger partial charge in [0.05, 0.1) is 11.4 Å². The third-order valence-corrected chi connectivity index (χ3v) is 4.29. The number of nitrogens with one attached hydrogen (secondary N) is 1. The van der Waals surface area contributed by atoms with Gasteiger partial charge in [0, 0.05) is 15.1 Å². The number of hydrogen-bond donors (Lipinski definition) is 2. The minimum Gasteiger partial charge on any atom is -0.399 e. The third-order valence-electron chi connectivity index (χ3n) is 2.66. The molecule has 21 heavy (non-hydrogen) atoms. The predicted molar refractivity (Wildman–Crippen MR) is 89.0 cm³/mol. The van der Waals surface area contributed by atoms with E-state index in [0.717, 1.165) is 10.0 Å². The molecule has 3 nitrogen and oxygen atoms in total. The van der Waals surface area contributed by atoms with Gasteiger partial charge in [-0.3, -0.25) is 4.79 Å². The lowest BCUT2D eigenvalue weighted by Gasteiger charge is -2.08. The molecule has 6 heteroatoms. The topological polar surface area (TPSA) is 55.1 Å². The van der Waals surface area contributed by atoms with Gasteiger partial charge in [0.2, 0.25) is 5.91 Å². The molecule has 0 saturated heterocycles. The van der Waals surface area contributed by atoms with Crippen LogP contribution in [-0.2, 0) is 4.79 Å². The predicted octanol–water partition coefficient (Wildman–Crippen LogP) is 4.21. The fourth-order valence-corrected chi connectivity index (χ4v) is 3.10. The van der Waals surface area contributed by atoms with Crippen LogP contribution in [0.2, 0.25) is 0 Å². The van der Waals surface area contributed by atoms with Crippen molar-refractivity contribution in [3.8, 4) is 0 Å². The first-order valence-electron chi connectivity index (χ1n) is 6.19. The summed E-state index contributed by atoms with van der Waals surface area (Å²) >= 11 is 4.64. The van der Waals surface area contributed by atoms with Gasteiger partial charge in [0.15, 0.2) is 0 Å². The van der Waals surface area contributed by atoms with Crippen LogP contribution in [0.25, 0.3) is 0 Å². The maximum absolute atomic E-state index is 13.2. The van der Waals surface area contributed by atoms with Crippen molar-refractivity contribution < 1.29 is 9.18 Å². The standard InChI is InChI=1S/C15H14BrFN2OS/c1-9-2-3-14(13(16)4-9)19-15(20)8-21-12-6-10(17)5-11(18)7-12/h2-7H,8,18H2,1H3,(H,19,20). The van der Waals surface area contributed by atoms with Crippen molar-refractivity contribution in [3.63, 3.8) is 0 Å². The molecule has 0 radical (unpaired) electrons. The van der Waals surface area contributed by atoms with E-state index in [0.29, 0.717) is 16.3 Å². The number of carbonyl (C=O) groups is 1. The van der Waals surface area contributed by atoms with E-state index in [-0.39, 0.29) is 11.7 Å². The van der Waals surface area contributed by atoms with Gasteiger partial charge in [-0.1, -0.05) is 6.07 Å². The highest BCUT2D eigenvalue weighted by Gasteiger charge is 2.07. The fourth-order valence-electron chi connectivity index (χ4n) is 1.72. The van der Waals surface area contributed by atoms with Gasteiger partial charge < -0.3 is 11.1 Å². The van der Waals surface area contributed by atoms with E-state index >= 15 is 0 Å². The maximum Gasteiger partial charge on any atom is 0.234 e. The van der Waals surface area contributed by atoms with Gasteiger partial charge >= 0.3 is 0 Å². The molecule has 0 unspecified atom stereocenters. The lowest BCUT2D eigenvalue weighted by molar-refractivity contribution is -0.113. The molecular weight excluding hydrogens is 355 g/mol. The number of nitrogens with two attached hydrogens (primary N) is 1. The molecule has 3 N–H and O–H groups in total. The Hall–Kier alpha value is -1.53. The Morgan fingerprint density at radius 3 is 2.76 bits per heavy atom. The van der Waals surface area contributed by atoms with Crippen molar-refractivity contribution in [3.05, 3.63) is 52.3 Å². The average Bonchev–Trinajstić information content (AvgIpc) is 2.39. The second-order valence-corrected chi connectivity index (χ2v) is 6.44. The number of nitrogen functional groups attached to an aromatic ring is 1. The van der Waals surface area contributed by atoms with Crippen molar-refractivity contribution in [2.75, 3.05) is 16.8 Å². The fraction of sp³-hybridized carbons (Fsp3) is 0.133. The molecule has 0 atom stereocenters. The van der Waals surface area contributed by atoms with E-state index < -0.39 is 5.82 Å². The van der Waals surface area contributed by atoms with Gasteiger partial charge in [-0.15, -0.1) is 11.8 Å². The third kappa shape index (κ3) is 4.75. The van der Waals surface area contributed by atoms with Crippen LogP contribution in [-0.4, -0.2) is 11.7 Å². The zero-order chi connectivity index (χ0) is 15.4. The summed E-state index contributed by atoms with van der Waals surface area (Å²) in [4.78, 5) is 12.5. The van der Waals surface area contributed by atoms with Crippen LogP contribution in [0.1, 0.15) is 5.56 Å². The Morgan fingerprint density at radius 2 is 2.10 bits per heavy atom. The molecule has 1 amide bonds. The number of rotatable bonds is 4. The Kier molecular flexibility index (Phi) is 5.25. The van der Waals surface area contributed by atoms with E-state index in [4.69, 9.17) is 5.73 Å². The Labute approximate surface area is 135 Å². The number of aryl methyl sites for hydroxylation is 1. The number of halogens is 2. The van der Waals surface area contributed by atoms with Crippen LogP contribution in [0.3, 0.4) is 0 Å². The molecule has 0 heterocycles. The van der Waals surface area contributed by atoms with Crippen molar-refractivity contribution >= 4 is 45.0 Å². The summed E-state index contributed by atoms with van der Waals surface area (Å²) in [5.74, 6) is -0.380. The molecule has 0 fully saturated rings. The monoisotopic (exact) mass is 368 g/mol. The number of carbonyl (C=O) groups excluding carboxylic acids is 1. The van der Waals surface area contributed by atoms with E-state index in [1.165, 1.54) is 23.9 Å². The molecule has 0 aliphatic heterocycles. The van der Waals surface area contributed by atoms with E-state index in [1.54, 1.807) is 6.07 Å². The normalized spacial score (nSPS) is 10.4. The number of thioether (sulfide) groups is 1. The zero-order valence-electron chi connectivity index (χ0n) is 11.3. The highest BCUT2D eigenvalue weighted by molar-refractivity contribution is 9.10. The molecule has 0 spiro atoms. The minimum atomic E-state index is -0.404. The Morgan fingerprint density at radius 1 is 1.33 bits per heavy atom. The first-order valence-corrected chi connectivity index (χ1v) is 7.97. The lowest BCUT2D eigenvalue weighted by Crippen LogP contribution is -2.14. The summed E-state index contributed by atoms with van der Waals surface area (Å²) in [6.07, 6.45) is 0. The summed E-state index contributed by atoms with van der Waals surface area (Å²) in [6, 6.07) is 9.92. The van der Waals surface area contributed by atoms with Crippen molar-refractivity contribution in [1.82, 2.24) is 0 Å². The molecule has 0 bridgehead atoms. The van der Waals surface area contributed by atoms with Gasteiger partial charge in [0.1, 0.15) is 5.82 Å². The van der Waals surface area contributed by atoms with Crippen molar-refractivity contribution in [1.29, 1.82) is 0 Å². The highest BCUT2D eigenvalue weighted by atomic mass is 79.9. The number of anilines is 2. The largest absolute Gasteiger partial charge is 0.399 e. The molecule has 2 rings (SSSR count). The quantitative estimate of drug-likeness (QED) is 0.627. The van der Waals surface area contributed by atoms with Crippen LogP contribution in [0, 0.1) is 12.7 Å². The van der Waals surface area contributed by atoms with Gasteiger partial charge in [-0.2, -0.15) is 0 Å². The Bertz CT molecular complexity index is 658. The number of benzene rings is 2. The smallest absolute Gasteiger partial charge is 0.234 e. The van der Waals surface area contributed by atoms with E-state index in [2.05, 4.69) is 21.2 Å². The summed E-state index contributed by atoms with van der Waals surface area (Å²) in [7, 11) is 0. The number of hydrogen-bond acceptors (Lipinski definition) is 3. The van der Waals surface area contributed by atoms with Crippen LogP contribution in [0.5, 0.6) is 0 Å². The van der Waals surface area contributed by atoms with Gasteiger partial charge in [0.25, 0.3) is 0 Å².